The van der Waals surface area contributed by atoms with E-state index in [9.17, 15) is 4.79 Å². The third-order valence-corrected chi connectivity index (χ3v) is 6.61. The summed E-state index contributed by atoms with van der Waals surface area (Å²) in [4.78, 5) is 18.5. The van der Waals surface area contributed by atoms with Gasteiger partial charge in [0.2, 0.25) is 0 Å². The first-order valence-corrected chi connectivity index (χ1v) is 11.9. The smallest absolute Gasteiger partial charge is 0.337 e. The van der Waals surface area contributed by atoms with E-state index in [0.29, 0.717) is 33.0 Å². The Morgan fingerprint density at radius 2 is 1.94 bits per heavy atom. The van der Waals surface area contributed by atoms with Crippen LogP contribution < -0.4 is 15.0 Å². The molecule has 2 aromatic heterocycles. The number of rotatable bonds is 6. The van der Waals surface area contributed by atoms with E-state index < -0.39 is 5.97 Å². The van der Waals surface area contributed by atoms with Crippen LogP contribution in [-0.2, 0) is 4.74 Å². The van der Waals surface area contributed by atoms with Gasteiger partial charge in [0.05, 0.1) is 36.5 Å². The van der Waals surface area contributed by atoms with Crippen LogP contribution in [0.1, 0.15) is 33.9 Å². The van der Waals surface area contributed by atoms with Crippen molar-refractivity contribution in [2.45, 2.75) is 12.1 Å². The Bertz CT molecular complexity index is 1430. The molecule has 0 unspecified atom stereocenters. The van der Waals surface area contributed by atoms with Crippen LogP contribution in [0, 0.1) is 0 Å². The molecule has 1 aliphatic heterocycles. The van der Waals surface area contributed by atoms with Gasteiger partial charge in [-0.3, -0.25) is 4.98 Å². The molecule has 3 heterocycles. The molecule has 0 amide bonds. The zero-order chi connectivity index (χ0) is 25.2. The molecule has 5 rings (SSSR count). The molecule has 1 N–H and O–H groups in total. The summed E-state index contributed by atoms with van der Waals surface area (Å²) in [5.41, 5.74) is 2.80. The second-order valence-electron chi connectivity index (χ2n) is 8.09. The number of ether oxygens (including phenoxy) is 2. The van der Waals surface area contributed by atoms with Crippen LogP contribution >= 0.6 is 23.8 Å². The van der Waals surface area contributed by atoms with Crippen molar-refractivity contribution >= 4 is 40.6 Å². The number of benzene rings is 2. The van der Waals surface area contributed by atoms with Gasteiger partial charge >= 0.3 is 5.97 Å². The van der Waals surface area contributed by atoms with Crippen LogP contribution in [0.3, 0.4) is 0 Å². The fourth-order valence-corrected chi connectivity index (χ4v) is 4.91. The maximum atomic E-state index is 12.0. The summed E-state index contributed by atoms with van der Waals surface area (Å²) in [7, 11) is 2.93. The highest BCUT2D eigenvalue weighted by Crippen LogP contribution is 2.44. The predicted octanol–water partition coefficient (Wildman–Crippen LogP) is 5.97. The molecule has 7 nitrogen and oxygen atoms in total. The van der Waals surface area contributed by atoms with Gasteiger partial charge < -0.3 is 24.1 Å². The quantitative estimate of drug-likeness (QED) is 0.247. The summed E-state index contributed by atoms with van der Waals surface area (Å²) >= 11 is 12.2. The summed E-state index contributed by atoms with van der Waals surface area (Å²) < 4.78 is 16.5. The van der Waals surface area contributed by atoms with Crippen molar-refractivity contribution in [3.8, 4) is 17.1 Å². The van der Waals surface area contributed by atoms with Crippen molar-refractivity contribution < 1.29 is 18.7 Å². The molecule has 1 aliphatic rings. The van der Waals surface area contributed by atoms with Crippen molar-refractivity contribution in [1.29, 1.82) is 0 Å². The van der Waals surface area contributed by atoms with Gasteiger partial charge in [0.15, 0.2) is 5.11 Å². The van der Waals surface area contributed by atoms with E-state index >= 15 is 0 Å². The highest BCUT2D eigenvalue weighted by atomic mass is 35.5. The molecular weight excluding hydrogens is 498 g/mol. The summed E-state index contributed by atoms with van der Waals surface area (Å²) in [6.07, 6.45) is 1.75. The third kappa shape index (κ3) is 4.41. The molecule has 9 heteroatoms. The molecule has 1 saturated heterocycles. The highest BCUT2D eigenvalue weighted by Gasteiger charge is 2.42. The van der Waals surface area contributed by atoms with Crippen LogP contribution in [0.15, 0.2) is 83.4 Å². The Morgan fingerprint density at radius 1 is 1.08 bits per heavy atom. The van der Waals surface area contributed by atoms with Crippen molar-refractivity contribution in [3.63, 3.8) is 0 Å². The number of hydrogen-bond acceptors (Lipinski definition) is 6. The number of halogens is 1. The van der Waals surface area contributed by atoms with Gasteiger partial charge in [-0.05, 0) is 66.8 Å². The molecule has 2 aromatic carbocycles. The number of furan rings is 1. The summed E-state index contributed by atoms with van der Waals surface area (Å²) in [6, 6.07) is 21.5. The van der Waals surface area contributed by atoms with E-state index in [1.807, 2.05) is 53.4 Å². The maximum Gasteiger partial charge on any atom is 0.337 e. The van der Waals surface area contributed by atoms with Gasteiger partial charge in [0.25, 0.3) is 0 Å². The van der Waals surface area contributed by atoms with E-state index in [1.54, 1.807) is 37.6 Å². The number of esters is 1. The molecule has 36 heavy (non-hydrogen) atoms. The van der Waals surface area contributed by atoms with E-state index in [1.165, 1.54) is 7.11 Å². The van der Waals surface area contributed by atoms with E-state index in [0.717, 1.165) is 16.9 Å². The third-order valence-electron chi connectivity index (χ3n) is 6.00. The maximum absolute atomic E-state index is 12.0. The average molecular weight is 520 g/mol. The number of aromatic nitrogens is 1. The number of methoxy groups -OCH3 is 2. The van der Waals surface area contributed by atoms with Gasteiger partial charge in [-0.2, -0.15) is 0 Å². The fraction of sp³-hybridized carbons (Fsp3) is 0.148. The first-order valence-electron chi connectivity index (χ1n) is 11.1. The number of anilines is 1. The lowest BCUT2D eigenvalue weighted by atomic mass is 10.0. The van der Waals surface area contributed by atoms with E-state index in [2.05, 4.69) is 10.3 Å². The van der Waals surface area contributed by atoms with Gasteiger partial charge in [0.1, 0.15) is 23.3 Å². The first-order chi connectivity index (χ1) is 17.5. The SMILES string of the molecule is COC(=O)c1cccc(-c2ccc([C@H]3[C@@H](c4ccccn4)NC(=S)N3c3ccc(OC)c(Cl)c3)o2)c1. The Morgan fingerprint density at radius 3 is 2.67 bits per heavy atom. The topological polar surface area (TPSA) is 76.8 Å². The fourth-order valence-electron chi connectivity index (χ4n) is 4.31. The Hall–Kier alpha value is -3.88. The van der Waals surface area contributed by atoms with Gasteiger partial charge in [0, 0.05) is 17.4 Å². The lowest BCUT2D eigenvalue weighted by molar-refractivity contribution is 0.0601. The number of hydrogen-bond donors (Lipinski definition) is 1. The molecule has 0 saturated carbocycles. The Balaban J connectivity index is 1.58. The number of pyridine rings is 1. The monoisotopic (exact) mass is 519 g/mol. The zero-order valence-electron chi connectivity index (χ0n) is 19.5. The van der Waals surface area contributed by atoms with Crippen molar-refractivity contribution in [1.82, 2.24) is 10.3 Å². The first kappa shape index (κ1) is 23.8. The van der Waals surface area contributed by atoms with E-state index in [4.69, 9.17) is 37.7 Å². The number of carbonyl (C=O) groups is 1. The number of nitrogens with one attached hydrogen (secondary N) is 1. The minimum atomic E-state index is -0.410. The van der Waals surface area contributed by atoms with Gasteiger partial charge in [-0.25, -0.2) is 4.79 Å². The van der Waals surface area contributed by atoms with Gasteiger partial charge in [-0.1, -0.05) is 29.8 Å². The van der Waals surface area contributed by atoms with Crippen LogP contribution in [0.5, 0.6) is 5.75 Å². The Kier molecular flexibility index (Phi) is 6.63. The number of carbonyl (C=O) groups excluding carboxylic acids is 1. The van der Waals surface area contributed by atoms with E-state index in [-0.39, 0.29) is 12.1 Å². The second-order valence-corrected chi connectivity index (χ2v) is 8.88. The predicted molar refractivity (Wildman–Crippen MR) is 141 cm³/mol. The minimum Gasteiger partial charge on any atom is -0.495 e. The summed E-state index contributed by atoms with van der Waals surface area (Å²) in [6.45, 7) is 0. The second kappa shape index (κ2) is 10.0. The van der Waals surface area contributed by atoms with Crippen LogP contribution in [0.25, 0.3) is 11.3 Å². The minimum absolute atomic E-state index is 0.278. The molecule has 182 valence electrons. The normalized spacial score (nSPS) is 17.1. The standard InChI is InChI=1S/C27H22ClN3O4S/c1-33-22-10-9-18(15-19(22)28)31-25(24(30-27(31)36)20-8-3-4-13-29-20)23-12-11-21(35-23)16-6-5-7-17(14-16)26(32)34-2/h3-15,24-25H,1-2H3,(H,30,36)/t24-,25+/m1/s1. The lowest BCUT2D eigenvalue weighted by Crippen LogP contribution is -2.29. The summed E-state index contributed by atoms with van der Waals surface area (Å²) in [5.74, 6) is 1.44. The number of nitrogens with zero attached hydrogens (tertiary/aromatic N) is 2. The average Bonchev–Trinajstić information content (AvgIpc) is 3.53. The molecular formula is C27H22ClN3O4S. The van der Waals surface area contributed by atoms with Crippen molar-refractivity contribution in [2.75, 3.05) is 19.1 Å². The molecule has 0 bridgehead atoms. The highest BCUT2D eigenvalue weighted by molar-refractivity contribution is 7.80. The molecule has 1 fully saturated rings. The van der Waals surface area contributed by atoms with Gasteiger partial charge in [-0.15, -0.1) is 0 Å². The summed E-state index contributed by atoms with van der Waals surface area (Å²) in [5, 5.41) is 4.38. The molecule has 0 radical (unpaired) electrons. The van der Waals surface area contributed by atoms with Crippen molar-refractivity contribution in [2.24, 2.45) is 0 Å². The van der Waals surface area contributed by atoms with Crippen LogP contribution in [0.4, 0.5) is 5.69 Å². The molecule has 0 spiro atoms. The largest absolute Gasteiger partial charge is 0.495 e. The van der Waals surface area contributed by atoms with Crippen LogP contribution in [-0.4, -0.2) is 30.3 Å². The molecule has 4 aromatic rings. The lowest BCUT2D eigenvalue weighted by Gasteiger charge is -2.26. The van der Waals surface area contributed by atoms with Crippen LogP contribution in [0.2, 0.25) is 5.02 Å². The molecule has 0 aliphatic carbocycles. The Labute approximate surface area is 218 Å². The zero-order valence-corrected chi connectivity index (χ0v) is 21.0. The number of thiocarbonyl (C=S) groups is 1. The molecule has 2 atom stereocenters. The van der Waals surface area contributed by atoms with Crippen molar-refractivity contribution in [3.05, 3.63) is 101 Å².